The first kappa shape index (κ1) is 23.4. The highest BCUT2D eigenvalue weighted by Gasteiger charge is 2.28. The number of benzene rings is 2. The van der Waals surface area contributed by atoms with E-state index in [0.29, 0.717) is 49.7 Å². The third kappa shape index (κ3) is 6.38. The minimum atomic E-state index is -3.45. The second-order valence-corrected chi connectivity index (χ2v) is 10.1. The molecule has 1 N–H and O–H groups in total. The third-order valence-corrected chi connectivity index (χ3v) is 7.56. The van der Waals surface area contributed by atoms with Crippen molar-refractivity contribution in [1.29, 1.82) is 0 Å². The molecule has 0 radical (unpaired) electrons. The summed E-state index contributed by atoms with van der Waals surface area (Å²) >= 11 is 0. The molecular weight excluding hydrogens is 410 g/mol. The van der Waals surface area contributed by atoms with Crippen molar-refractivity contribution in [2.45, 2.75) is 44.6 Å². The second kappa shape index (κ2) is 10.9. The van der Waals surface area contributed by atoms with Gasteiger partial charge < -0.3 is 5.32 Å². The predicted octanol–water partition coefficient (Wildman–Crippen LogP) is 3.42. The quantitative estimate of drug-likeness (QED) is 0.603. The molecular formula is C24H33N3O3S. The molecule has 1 heterocycles. The summed E-state index contributed by atoms with van der Waals surface area (Å²) in [4.78, 5) is 14.9. The van der Waals surface area contributed by atoms with Crippen LogP contribution in [0, 0.1) is 6.92 Å². The SMILES string of the molecule is CCCCCNC(=O)c1cccc(CN2CCN(S(=O)(=O)c3ccc(C)cc3)CC2)c1. The predicted molar refractivity (Wildman–Crippen MR) is 124 cm³/mol. The van der Waals surface area contributed by atoms with Gasteiger partial charge in [-0.2, -0.15) is 4.31 Å². The number of sulfonamides is 1. The van der Waals surface area contributed by atoms with Gasteiger partial charge >= 0.3 is 0 Å². The van der Waals surface area contributed by atoms with E-state index in [0.717, 1.165) is 30.4 Å². The van der Waals surface area contributed by atoms with Crippen LogP contribution in [0.2, 0.25) is 0 Å². The summed E-state index contributed by atoms with van der Waals surface area (Å²) in [6, 6.07) is 14.7. The van der Waals surface area contributed by atoms with Gasteiger partial charge in [-0.15, -0.1) is 0 Å². The second-order valence-electron chi connectivity index (χ2n) is 8.16. The number of carbonyl (C=O) groups excluding carboxylic acids is 1. The van der Waals surface area contributed by atoms with Gasteiger partial charge in [0.25, 0.3) is 5.91 Å². The van der Waals surface area contributed by atoms with Crippen molar-refractivity contribution in [1.82, 2.24) is 14.5 Å². The van der Waals surface area contributed by atoms with Crippen LogP contribution in [0.25, 0.3) is 0 Å². The van der Waals surface area contributed by atoms with Crippen LogP contribution in [-0.4, -0.2) is 56.3 Å². The molecule has 0 saturated carbocycles. The molecule has 0 aromatic heterocycles. The molecule has 1 aliphatic rings. The summed E-state index contributed by atoms with van der Waals surface area (Å²) in [5, 5.41) is 2.98. The van der Waals surface area contributed by atoms with E-state index >= 15 is 0 Å². The van der Waals surface area contributed by atoms with Gasteiger partial charge in [0.05, 0.1) is 4.90 Å². The van der Waals surface area contributed by atoms with Crippen molar-refractivity contribution in [3.05, 3.63) is 65.2 Å². The van der Waals surface area contributed by atoms with Crippen molar-refractivity contribution < 1.29 is 13.2 Å². The molecule has 0 atom stereocenters. The minimum absolute atomic E-state index is 0.0352. The van der Waals surface area contributed by atoms with E-state index in [9.17, 15) is 13.2 Å². The molecule has 0 bridgehead atoms. The molecule has 2 aromatic carbocycles. The van der Waals surface area contributed by atoms with Crippen LogP contribution in [0.15, 0.2) is 53.4 Å². The maximum absolute atomic E-state index is 12.9. The summed E-state index contributed by atoms with van der Waals surface area (Å²) in [7, 11) is -3.45. The lowest BCUT2D eigenvalue weighted by Gasteiger charge is -2.34. The highest BCUT2D eigenvalue weighted by Crippen LogP contribution is 2.19. The van der Waals surface area contributed by atoms with Gasteiger partial charge in [0.15, 0.2) is 0 Å². The van der Waals surface area contributed by atoms with E-state index in [-0.39, 0.29) is 5.91 Å². The van der Waals surface area contributed by atoms with Gasteiger partial charge in [-0.1, -0.05) is 49.6 Å². The minimum Gasteiger partial charge on any atom is -0.352 e. The zero-order valence-electron chi connectivity index (χ0n) is 18.5. The lowest BCUT2D eigenvalue weighted by atomic mass is 10.1. The van der Waals surface area contributed by atoms with Crippen LogP contribution in [0.3, 0.4) is 0 Å². The Labute approximate surface area is 186 Å². The van der Waals surface area contributed by atoms with Crippen LogP contribution in [0.1, 0.15) is 47.7 Å². The van der Waals surface area contributed by atoms with E-state index in [1.165, 1.54) is 0 Å². The summed E-state index contributed by atoms with van der Waals surface area (Å²) in [5.41, 5.74) is 2.78. The number of aryl methyl sites for hydroxylation is 1. The Morgan fingerprint density at radius 1 is 1.00 bits per heavy atom. The van der Waals surface area contributed by atoms with Crippen LogP contribution >= 0.6 is 0 Å². The zero-order valence-corrected chi connectivity index (χ0v) is 19.3. The van der Waals surface area contributed by atoms with Crippen LogP contribution in [0.4, 0.5) is 0 Å². The summed E-state index contributed by atoms with van der Waals surface area (Å²) in [5.74, 6) is -0.0352. The fourth-order valence-corrected chi connectivity index (χ4v) is 5.16. The van der Waals surface area contributed by atoms with E-state index in [1.54, 1.807) is 16.4 Å². The maximum atomic E-state index is 12.9. The van der Waals surface area contributed by atoms with E-state index in [2.05, 4.69) is 17.1 Å². The number of unbranched alkanes of at least 4 members (excludes halogenated alkanes) is 2. The first-order valence-electron chi connectivity index (χ1n) is 11.1. The first-order valence-corrected chi connectivity index (χ1v) is 12.5. The van der Waals surface area contributed by atoms with Gasteiger partial charge in [0.2, 0.25) is 10.0 Å². The van der Waals surface area contributed by atoms with Gasteiger partial charge in [-0.25, -0.2) is 8.42 Å². The molecule has 7 heteroatoms. The summed E-state index contributed by atoms with van der Waals surface area (Å²) in [6.07, 6.45) is 3.24. The van der Waals surface area contributed by atoms with E-state index in [1.807, 2.05) is 43.3 Å². The molecule has 1 saturated heterocycles. The van der Waals surface area contributed by atoms with Gasteiger partial charge in [-0.3, -0.25) is 9.69 Å². The van der Waals surface area contributed by atoms with Gasteiger partial charge in [0.1, 0.15) is 0 Å². The summed E-state index contributed by atoms with van der Waals surface area (Å²) < 4.78 is 27.3. The molecule has 6 nitrogen and oxygen atoms in total. The topological polar surface area (TPSA) is 69.7 Å². The number of nitrogens with zero attached hydrogens (tertiary/aromatic N) is 2. The maximum Gasteiger partial charge on any atom is 0.251 e. The highest BCUT2D eigenvalue weighted by atomic mass is 32.2. The molecule has 0 unspecified atom stereocenters. The molecule has 168 valence electrons. The van der Waals surface area contributed by atoms with E-state index < -0.39 is 10.0 Å². The average Bonchev–Trinajstić information content (AvgIpc) is 2.77. The Morgan fingerprint density at radius 3 is 2.39 bits per heavy atom. The van der Waals surface area contributed by atoms with Gasteiger partial charge in [-0.05, 0) is 43.2 Å². The highest BCUT2D eigenvalue weighted by molar-refractivity contribution is 7.89. The van der Waals surface area contributed by atoms with Crippen molar-refractivity contribution in [3.63, 3.8) is 0 Å². The Balaban J connectivity index is 1.54. The molecule has 1 fully saturated rings. The molecule has 2 aromatic rings. The van der Waals surface area contributed by atoms with Gasteiger partial charge in [0, 0.05) is 44.8 Å². The molecule has 1 amide bonds. The Morgan fingerprint density at radius 2 is 1.71 bits per heavy atom. The molecule has 3 rings (SSSR count). The Kier molecular flexibility index (Phi) is 8.23. The number of nitrogens with one attached hydrogen (secondary N) is 1. The molecule has 0 aliphatic carbocycles. The average molecular weight is 444 g/mol. The normalized spacial score (nSPS) is 15.7. The van der Waals surface area contributed by atoms with Crippen molar-refractivity contribution in [2.75, 3.05) is 32.7 Å². The van der Waals surface area contributed by atoms with Crippen molar-refractivity contribution >= 4 is 15.9 Å². The number of hydrogen-bond acceptors (Lipinski definition) is 4. The Hall–Kier alpha value is -2.22. The first-order chi connectivity index (χ1) is 14.9. The number of piperazine rings is 1. The number of carbonyl (C=O) groups is 1. The number of amides is 1. The Bertz CT molecular complexity index is 966. The molecule has 31 heavy (non-hydrogen) atoms. The lowest BCUT2D eigenvalue weighted by Crippen LogP contribution is -2.48. The zero-order chi connectivity index (χ0) is 22.3. The monoisotopic (exact) mass is 443 g/mol. The standard InChI is InChI=1S/C24H33N3O3S/c1-3-4-5-13-25-24(28)22-8-6-7-21(18-22)19-26-14-16-27(17-15-26)31(29,30)23-11-9-20(2)10-12-23/h6-12,18H,3-5,13-17,19H2,1-2H3,(H,25,28). The number of hydrogen-bond donors (Lipinski definition) is 1. The third-order valence-electron chi connectivity index (χ3n) is 5.65. The van der Waals surface area contributed by atoms with Crippen LogP contribution in [-0.2, 0) is 16.6 Å². The van der Waals surface area contributed by atoms with Crippen LogP contribution in [0.5, 0.6) is 0 Å². The smallest absolute Gasteiger partial charge is 0.251 e. The fraction of sp³-hybridized carbons (Fsp3) is 0.458. The number of rotatable bonds is 9. The fourth-order valence-electron chi connectivity index (χ4n) is 3.74. The molecule has 1 aliphatic heterocycles. The van der Waals surface area contributed by atoms with Crippen molar-refractivity contribution in [2.24, 2.45) is 0 Å². The largest absolute Gasteiger partial charge is 0.352 e. The molecule has 0 spiro atoms. The van der Waals surface area contributed by atoms with Crippen LogP contribution < -0.4 is 5.32 Å². The van der Waals surface area contributed by atoms with E-state index in [4.69, 9.17) is 0 Å². The summed E-state index contributed by atoms with van der Waals surface area (Å²) in [6.45, 7) is 7.76. The van der Waals surface area contributed by atoms with Crippen molar-refractivity contribution in [3.8, 4) is 0 Å². The lowest BCUT2D eigenvalue weighted by molar-refractivity contribution is 0.0952.